The summed E-state index contributed by atoms with van der Waals surface area (Å²) in [5, 5.41) is 2.38. The van der Waals surface area contributed by atoms with E-state index in [1.807, 2.05) is 12.1 Å². The minimum atomic E-state index is -0.451. The Balaban J connectivity index is 1.68. The maximum Gasteiger partial charge on any atom is 0.276 e. The van der Waals surface area contributed by atoms with Gasteiger partial charge in [-0.25, -0.2) is 0 Å². The van der Waals surface area contributed by atoms with Crippen molar-refractivity contribution >= 4 is 51.2 Å². The van der Waals surface area contributed by atoms with Gasteiger partial charge >= 0.3 is 0 Å². The summed E-state index contributed by atoms with van der Waals surface area (Å²) in [6.45, 7) is -0.206. The van der Waals surface area contributed by atoms with E-state index in [0.717, 1.165) is 15.8 Å². The van der Waals surface area contributed by atoms with Crippen molar-refractivity contribution < 1.29 is 19.1 Å². The summed E-state index contributed by atoms with van der Waals surface area (Å²) >= 11 is 8.26. The highest BCUT2D eigenvalue weighted by molar-refractivity contribution is 9.10. The van der Waals surface area contributed by atoms with E-state index in [0.29, 0.717) is 5.75 Å². The number of amides is 2. The molecule has 7 nitrogen and oxygen atoms in total. The van der Waals surface area contributed by atoms with E-state index >= 15 is 0 Å². The van der Waals surface area contributed by atoms with Crippen LogP contribution in [0.3, 0.4) is 0 Å². The number of hydrogen-bond donors (Lipinski definition) is 3. The van der Waals surface area contributed by atoms with E-state index in [1.54, 1.807) is 49.6 Å². The van der Waals surface area contributed by atoms with Gasteiger partial charge in [-0.05, 0) is 60.3 Å². The Bertz CT molecular complexity index is 854. The maximum absolute atomic E-state index is 11.8. The van der Waals surface area contributed by atoms with Gasteiger partial charge in [-0.1, -0.05) is 28.1 Å². The van der Waals surface area contributed by atoms with Gasteiger partial charge in [0.25, 0.3) is 5.91 Å². The van der Waals surface area contributed by atoms with E-state index in [4.69, 9.17) is 21.7 Å². The summed E-state index contributed by atoms with van der Waals surface area (Å²) in [7, 11) is 1.58. The lowest BCUT2D eigenvalue weighted by Crippen LogP contribution is -2.49. The number of carbonyl (C=O) groups excluding carboxylic acids is 2. The van der Waals surface area contributed by atoms with Gasteiger partial charge in [0, 0.05) is 10.5 Å². The van der Waals surface area contributed by atoms with Crippen molar-refractivity contribution in [1.82, 2.24) is 16.2 Å². The quantitative estimate of drug-likeness (QED) is 0.346. The number of methoxy groups -OCH3 is 1. The predicted molar refractivity (Wildman–Crippen MR) is 114 cm³/mol. The van der Waals surface area contributed by atoms with E-state index in [9.17, 15) is 9.59 Å². The van der Waals surface area contributed by atoms with Crippen LogP contribution in [-0.4, -0.2) is 30.6 Å². The highest BCUT2D eigenvalue weighted by Gasteiger charge is 2.05. The number of halogens is 1. The molecule has 0 saturated carbocycles. The molecule has 0 aliphatic carbocycles. The molecule has 0 fully saturated rings. The molecule has 0 aliphatic rings. The molecule has 0 unspecified atom stereocenters. The second-order valence-corrected chi connectivity index (χ2v) is 6.66. The van der Waals surface area contributed by atoms with E-state index in [1.165, 1.54) is 6.08 Å². The number of nitrogens with one attached hydrogen (secondary N) is 3. The largest absolute Gasteiger partial charge is 0.497 e. The van der Waals surface area contributed by atoms with E-state index < -0.39 is 11.8 Å². The lowest BCUT2D eigenvalue weighted by Gasteiger charge is -2.10. The van der Waals surface area contributed by atoms with Gasteiger partial charge in [0.15, 0.2) is 11.7 Å². The van der Waals surface area contributed by atoms with Crippen molar-refractivity contribution in [2.45, 2.75) is 0 Å². The molecule has 0 aromatic heterocycles. The number of carbonyl (C=O) groups is 2. The highest BCUT2D eigenvalue weighted by atomic mass is 79.9. The van der Waals surface area contributed by atoms with Crippen LogP contribution in [-0.2, 0) is 9.59 Å². The molecular formula is C19H18BrN3O4S. The second kappa shape index (κ2) is 11.1. The summed E-state index contributed by atoms with van der Waals surface area (Å²) in [5.41, 5.74) is 5.60. The van der Waals surface area contributed by atoms with Crippen LogP contribution in [0.4, 0.5) is 0 Å². The molecule has 0 bridgehead atoms. The zero-order valence-electron chi connectivity index (χ0n) is 14.9. The summed E-state index contributed by atoms with van der Waals surface area (Å²) in [5.74, 6) is 0.395. The Hall–Kier alpha value is -2.91. The Kier molecular flexibility index (Phi) is 8.44. The molecule has 2 aromatic carbocycles. The number of hydrogen-bond acceptors (Lipinski definition) is 5. The van der Waals surface area contributed by atoms with E-state index in [2.05, 4.69) is 32.1 Å². The van der Waals surface area contributed by atoms with Crippen LogP contribution in [0.2, 0.25) is 0 Å². The topological polar surface area (TPSA) is 88.7 Å². The van der Waals surface area contributed by atoms with Crippen molar-refractivity contribution in [1.29, 1.82) is 0 Å². The maximum atomic E-state index is 11.8. The molecule has 0 heterocycles. The number of benzene rings is 2. The Labute approximate surface area is 176 Å². The molecule has 0 aliphatic heterocycles. The third-order valence-electron chi connectivity index (χ3n) is 3.28. The average Bonchev–Trinajstić information content (AvgIpc) is 2.70. The van der Waals surface area contributed by atoms with Crippen LogP contribution in [0.1, 0.15) is 5.56 Å². The molecule has 0 saturated heterocycles. The van der Waals surface area contributed by atoms with Crippen molar-refractivity contribution in [3.63, 3.8) is 0 Å². The molecule has 3 N–H and O–H groups in total. The van der Waals surface area contributed by atoms with E-state index in [-0.39, 0.29) is 11.7 Å². The van der Waals surface area contributed by atoms with Crippen LogP contribution >= 0.6 is 28.1 Å². The zero-order chi connectivity index (χ0) is 20.4. The van der Waals surface area contributed by atoms with Crippen LogP contribution in [0.25, 0.3) is 6.08 Å². The third-order valence-corrected chi connectivity index (χ3v) is 4.01. The normalized spacial score (nSPS) is 10.2. The first-order valence-electron chi connectivity index (χ1n) is 8.06. The lowest BCUT2D eigenvalue weighted by atomic mass is 10.2. The summed E-state index contributed by atoms with van der Waals surface area (Å²) in [6, 6.07) is 14.3. The fourth-order valence-electron chi connectivity index (χ4n) is 1.91. The summed E-state index contributed by atoms with van der Waals surface area (Å²) in [6.07, 6.45) is 2.95. The molecule has 0 radical (unpaired) electrons. The average molecular weight is 464 g/mol. The first kappa shape index (κ1) is 21.4. The molecule has 0 atom stereocenters. The molecule has 2 aromatic rings. The van der Waals surface area contributed by atoms with Gasteiger partial charge in [-0.15, -0.1) is 0 Å². The minimum absolute atomic E-state index is 0.0404. The first-order chi connectivity index (χ1) is 13.5. The van der Waals surface area contributed by atoms with Gasteiger partial charge < -0.3 is 9.47 Å². The highest BCUT2D eigenvalue weighted by Crippen LogP contribution is 2.15. The molecular weight excluding hydrogens is 446 g/mol. The van der Waals surface area contributed by atoms with Gasteiger partial charge in [-0.3, -0.25) is 25.8 Å². The lowest BCUT2D eigenvalue weighted by molar-refractivity contribution is -0.123. The van der Waals surface area contributed by atoms with Crippen LogP contribution in [0, 0.1) is 0 Å². The van der Waals surface area contributed by atoms with Crippen LogP contribution in [0.5, 0.6) is 11.5 Å². The number of hydrazine groups is 1. The predicted octanol–water partition coefficient (Wildman–Crippen LogP) is 2.57. The first-order valence-corrected chi connectivity index (χ1v) is 9.26. The van der Waals surface area contributed by atoms with Gasteiger partial charge in [0.2, 0.25) is 5.91 Å². The van der Waals surface area contributed by atoms with Crippen LogP contribution < -0.4 is 25.6 Å². The smallest absolute Gasteiger partial charge is 0.276 e. The molecule has 28 heavy (non-hydrogen) atoms. The molecule has 9 heteroatoms. The molecule has 2 amide bonds. The Morgan fingerprint density at radius 3 is 2.32 bits per heavy atom. The molecule has 146 valence electrons. The molecule has 2 rings (SSSR count). The third kappa shape index (κ3) is 7.77. The van der Waals surface area contributed by atoms with Gasteiger partial charge in [-0.2, -0.15) is 0 Å². The van der Waals surface area contributed by atoms with Crippen molar-refractivity contribution in [2.75, 3.05) is 13.7 Å². The van der Waals surface area contributed by atoms with Crippen molar-refractivity contribution in [3.05, 3.63) is 64.6 Å². The van der Waals surface area contributed by atoms with Crippen molar-refractivity contribution in [3.8, 4) is 11.5 Å². The minimum Gasteiger partial charge on any atom is -0.497 e. The van der Waals surface area contributed by atoms with Crippen molar-refractivity contribution in [2.24, 2.45) is 0 Å². The SMILES string of the molecule is COc1ccc(C=CC(=O)NC(=S)NNC(=O)COc2ccc(Br)cc2)cc1. The number of thiocarbonyl (C=S) groups is 1. The Morgan fingerprint density at radius 2 is 1.68 bits per heavy atom. The fraction of sp³-hybridized carbons (Fsp3) is 0.105. The Morgan fingerprint density at radius 1 is 1.04 bits per heavy atom. The van der Waals surface area contributed by atoms with Crippen LogP contribution in [0.15, 0.2) is 59.1 Å². The second-order valence-electron chi connectivity index (χ2n) is 5.34. The standard InChI is InChI=1S/C19H18BrN3O4S/c1-26-15-7-2-13(3-8-15)4-11-17(24)21-19(28)23-22-18(25)12-27-16-9-5-14(20)6-10-16/h2-11H,12H2,1H3,(H,22,25)(H2,21,23,24,28). The fourth-order valence-corrected chi connectivity index (χ4v) is 2.33. The van der Waals surface area contributed by atoms with Gasteiger partial charge in [0.05, 0.1) is 7.11 Å². The zero-order valence-corrected chi connectivity index (χ0v) is 17.3. The number of rotatable bonds is 6. The summed E-state index contributed by atoms with van der Waals surface area (Å²) < 4.78 is 11.3. The monoisotopic (exact) mass is 463 g/mol. The summed E-state index contributed by atoms with van der Waals surface area (Å²) in [4.78, 5) is 23.6. The number of ether oxygens (including phenoxy) is 2. The molecule has 0 spiro atoms. The van der Waals surface area contributed by atoms with Gasteiger partial charge in [0.1, 0.15) is 11.5 Å².